The molecule has 8 heteroatoms. The standard InChI is InChI=1S/C43H54O8/c1-25-30(23-44)38-39(47)42(4,48)36-16-18-43-32-22-35(46)33-21-29(49-24-27(12-9-19-50-43)26-10-6-5-7-11-26)15-17-40(33,2)31(32)20-28(41(36,43)3)13-8-14-34(45)37(25)51-38/h5-7,10-11,22,25,27-31,33-34,36-39,44-45,47-48H,13,15-21,23-24H2,1-4H3. The summed E-state index contributed by atoms with van der Waals surface area (Å²) in [6, 6.07) is 10.2. The van der Waals surface area contributed by atoms with E-state index in [0.717, 1.165) is 30.4 Å². The summed E-state index contributed by atoms with van der Waals surface area (Å²) in [5.74, 6) is 11.8. The van der Waals surface area contributed by atoms with Crippen LogP contribution in [-0.4, -0.2) is 87.8 Å². The van der Waals surface area contributed by atoms with Crippen molar-refractivity contribution in [2.45, 2.75) is 120 Å². The lowest BCUT2D eigenvalue weighted by Crippen LogP contribution is -2.66. The van der Waals surface area contributed by atoms with Gasteiger partial charge in [-0.1, -0.05) is 68.9 Å². The van der Waals surface area contributed by atoms with Crippen molar-refractivity contribution in [1.82, 2.24) is 0 Å². The van der Waals surface area contributed by atoms with Gasteiger partial charge in [0.15, 0.2) is 5.78 Å². The highest BCUT2D eigenvalue weighted by Gasteiger charge is 2.73. The fraction of sp³-hybridized carbons (Fsp3) is 0.698. The van der Waals surface area contributed by atoms with Gasteiger partial charge in [0.2, 0.25) is 0 Å². The first kappa shape index (κ1) is 35.5. The highest BCUT2D eigenvalue weighted by Crippen LogP contribution is 2.72. The SMILES string of the molecule is CC1C(CO)C2OC1C(O)C#CCC1CC3C4=CC(=O)C5CC(CCC53C)OCC(c3ccccc3)C#CCOC43CCC(C(C)(O)C2O)C13C. The van der Waals surface area contributed by atoms with E-state index in [-0.39, 0.29) is 60.1 Å². The molecule has 8 bridgehead atoms. The van der Waals surface area contributed by atoms with Crippen molar-refractivity contribution in [3.8, 4) is 23.7 Å². The van der Waals surface area contributed by atoms with Crippen LogP contribution < -0.4 is 0 Å². The highest BCUT2D eigenvalue weighted by molar-refractivity contribution is 5.95. The molecule has 0 radical (unpaired) electrons. The average molecular weight is 699 g/mol. The van der Waals surface area contributed by atoms with Gasteiger partial charge in [0, 0.05) is 30.3 Å². The van der Waals surface area contributed by atoms with E-state index < -0.39 is 52.9 Å². The molecule has 5 aliphatic heterocycles. The van der Waals surface area contributed by atoms with Crippen LogP contribution >= 0.6 is 0 Å². The van der Waals surface area contributed by atoms with E-state index in [4.69, 9.17) is 14.2 Å². The van der Waals surface area contributed by atoms with Crippen LogP contribution in [0.3, 0.4) is 0 Å². The van der Waals surface area contributed by atoms with Crippen LogP contribution in [0.25, 0.3) is 0 Å². The topological polar surface area (TPSA) is 126 Å². The van der Waals surface area contributed by atoms with Gasteiger partial charge in [-0.05, 0) is 91.7 Å². The Bertz CT molecular complexity index is 1680. The third kappa shape index (κ3) is 5.19. The van der Waals surface area contributed by atoms with Gasteiger partial charge in [-0.25, -0.2) is 0 Å². The van der Waals surface area contributed by atoms with Crippen LogP contribution in [0.5, 0.6) is 0 Å². The van der Waals surface area contributed by atoms with Gasteiger partial charge >= 0.3 is 0 Å². The first-order valence-electron chi connectivity index (χ1n) is 19.2. The molecule has 1 aromatic carbocycles. The highest BCUT2D eigenvalue weighted by atomic mass is 16.5. The zero-order valence-corrected chi connectivity index (χ0v) is 30.4. The number of allylic oxidation sites excluding steroid dienone is 1. The summed E-state index contributed by atoms with van der Waals surface area (Å²) in [6.07, 6.45) is 2.53. The summed E-state index contributed by atoms with van der Waals surface area (Å²) in [7, 11) is 0. The van der Waals surface area contributed by atoms with E-state index in [1.54, 1.807) is 6.92 Å². The van der Waals surface area contributed by atoms with Crippen LogP contribution in [0.2, 0.25) is 0 Å². The Morgan fingerprint density at radius 2 is 1.75 bits per heavy atom. The number of carbonyl (C=O) groups excluding carboxylic acids is 1. The molecule has 5 heterocycles. The summed E-state index contributed by atoms with van der Waals surface area (Å²) in [5, 5.41) is 46.6. The predicted molar refractivity (Wildman–Crippen MR) is 190 cm³/mol. The summed E-state index contributed by atoms with van der Waals surface area (Å²) < 4.78 is 20.1. The van der Waals surface area contributed by atoms with Gasteiger partial charge in [-0.2, -0.15) is 0 Å². The Morgan fingerprint density at radius 3 is 2.51 bits per heavy atom. The molecular weight excluding hydrogens is 644 g/mol. The Morgan fingerprint density at radius 1 is 0.961 bits per heavy atom. The summed E-state index contributed by atoms with van der Waals surface area (Å²) in [4.78, 5) is 14.4. The number of benzene rings is 1. The van der Waals surface area contributed by atoms with Gasteiger partial charge in [0.1, 0.15) is 18.8 Å². The molecule has 8 nitrogen and oxygen atoms in total. The summed E-state index contributed by atoms with van der Waals surface area (Å²) >= 11 is 0. The maximum absolute atomic E-state index is 14.4. The van der Waals surface area contributed by atoms with E-state index in [9.17, 15) is 25.2 Å². The normalized spacial score (nSPS) is 50.4. The molecule has 1 spiro atoms. The Kier molecular flexibility index (Phi) is 8.91. The molecule has 4 aliphatic carbocycles. The minimum Gasteiger partial charge on any atom is -0.396 e. The number of carbonyl (C=O) groups is 1. The van der Waals surface area contributed by atoms with E-state index in [1.807, 2.05) is 31.2 Å². The lowest BCUT2D eigenvalue weighted by Gasteiger charge is -2.64. The Balaban J connectivity index is 1.29. The molecule has 3 saturated carbocycles. The molecular formula is C43H54O8. The zero-order valence-electron chi connectivity index (χ0n) is 30.4. The molecule has 4 N–H and O–H groups in total. The van der Waals surface area contributed by atoms with Crippen molar-refractivity contribution >= 4 is 5.78 Å². The number of ketones is 1. The maximum Gasteiger partial charge on any atom is 0.159 e. The van der Waals surface area contributed by atoms with Gasteiger partial charge in [-0.15, -0.1) is 5.92 Å². The van der Waals surface area contributed by atoms with Crippen LogP contribution in [0, 0.1) is 70.0 Å². The molecule has 16 atom stereocenters. The fourth-order valence-electron chi connectivity index (χ4n) is 12.4. The molecule has 1 saturated heterocycles. The smallest absolute Gasteiger partial charge is 0.159 e. The maximum atomic E-state index is 14.4. The van der Waals surface area contributed by atoms with Crippen LogP contribution in [0.4, 0.5) is 0 Å². The van der Waals surface area contributed by atoms with Crippen molar-refractivity contribution in [2.24, 2.45) is 46.3 Å². The number of rotatable bonds is 2. The van der Waals surface area contributed by atoms with Gasteiger partial charge in [0.25, 0.3) is 0 Å². The van der Waals surface area contributed by atoms with Gasteiger partial charge in [0.05, 0.1) is 42.0 Å². The Labute approximate surface area is 302 Å². The third-order valence-corrected chi connectivity index (χ3v) is 15.4. The van der Waals surface area contributed by atoms with Crippen molar-refractivity contribution in [3.63, 3.8) is 0 Å². The second-order valence-corrected chi connectivity index (χ2v) is 17.5. The monoisotopic (exact) mass is 698 g/mol. The molecule has 1 aromatic rings. The number of fused-ring (bicyclic) bond motifs is 4. The molecule has 0 amide bonds. The fourth-order valence-corrected chi connectivity index (χ4v) is 12.4. The van der Waals surface area contributed by atoms with E-state index in [2.05, 4.69) is 49.7 Å². The lowest BCUT2D eigenvalue weighted by atomic mass is 9.42. The van der Waals surface area contributed by atoms with Crippen LogP contribution in [-0.2, 0) is 19.0 Å². The number of aliphatic hydroxyl groups is 4. The first-order valence-corrected chi connectivity index (χ1v) is 19.2. The number of hydrogen-bond acceptors (Lipinski definition) is 8. The molecule has 16 unspecified atom stereocenters. The van der Waals surface area contributed by atoms with E-state index in [1.165, 1.54) is 0 Å². The molecule has 51 heavy (non-hydrogen) atoms. The number of aliphatic hydroxyl groups excluding tert-OH is 3. The van der Waals surface area contributed by atoms with Crippen molar-refractivity contribution in [1.29, 1.82) is 0 Å². The first-order chi connectivity index (χ1) is 24.4. The van der Waals surface area contributed by atoms with Crippen LogP contribution in [0.1, 0.15) is 84.1 Å². The zero-order chi connectivity index (χ0) is 35.9. The largest absolute Gasteiger partial charge is 0.396 e. The number of ether oxygens (including phenoxy) is 3. The molecule has 4 fully saturated rings. The molecule has 9 aliphatic rings. The molecule has 10 rings (SSSR count). The predicted octanol–water partition coefficient (Wildman–Crippen LogP) is 4.19. The van der Waals surface area contributed by atoms with Crippen molar-refractivity contribution in [2.75, 3.05) is 19.8 Å². The third-order valence-electron chi connectivity index (χ3n) is 15.4. The quantitative estimate of drug-likeness (QED) is 0.339. The molecule has 274 valence electrons. The second kappa shape index (κ2) is 12.8. The van der Waals surface area contributed by atoms with Crippen molar-refractivity contribution in [3.05, 3.63) is 47.5 Å². The lowest BCUT2D eigenvalue weighted by molar-refractivity contribution is -0.220. The van der Waals surface area contributed by atoms with E-state index >= 15 is 0 Å². The summed E-state index contributed by atoms with van der Waals surface area (Å²) in [5.41, 5.74) is -1.57. The molecule has 0 aromatic heterocycles. The Hall–Kier alpha value is -2.53. The average Bonchev–Trinajstić information content (AvgIpc) is 3.62. The minimum absolute atomic E-state index is 0.0270. The van der Waals surface area contributed by atoms with Crippen LogP contribution in [0.15, 0.2) is 42.0 Å². The minimum atomic E-state index is -1.65. The van der Waals surface area contributed by atoms with Crippen molar-refractivity contribution < 1.29 is 39.4 Å². The second-order valence-electron chi connectivity index (χ2n) is 17.5. The van der Waals surface area contributed by atoms with E-state index in [0.29, 0.717) is 32.3 Å². The summed E-state index contributed by atoms with van der Waals surface area (Å²) in [6.45, 7) is 8.39. The van der Waals surface area contributed by atoms with Gasteiger partial charge in [-0.3, -0.25) is 4.79 Å². The van der Waals surface area contributed by atoms with Gasteiger partial charge < -0.3 is 34.6 Å². The number of hydrogen-bond donors (Lipinski definition) is 4.